The first-order chi connectivity index (χ1) is 28.8. The van der Waals surface area contributed by atoms with Gasteiger partial charge in [0.05, 0.1) is 0 Å². The molecular weight excluding hydrogens is 711 g/mol. The van der Waals surface area contributed by atoms with Gasteiger partial charge in [-0.1, -0.05) is 179 Å². The van der Waals surface area contributed by atoms with Gasteiger partial charge in [-0.15, -0.1) is 0 Å². The highest BCUT2D eigenvalue weighted by atomic mass is 15.1. The average Bonchev–Trinajstić information content (AvgIpc) is 3.66. The molecule has 1 heteroatoms. The predicted molar refractivity (Wildman–Crippen MR) is 250 cm³/mol. The Balaban J connectivity index is 0.991. The van der Waals surface area contributed by atoms with Gasteiger partial charge in [-0.05, 0) is 137 Å². The van der Waals surface area contributed by atoms with Crippen molar-refractivity contribution in [3.63, 3.8) is 0 Å². The van der Waals surface area contributed by atoms with Crippen LogP contribution in [0, 0.1) is 0 Å². The lowest BCUT2D eigenvalue weighted by Crippen LogP contribution is -2.16. The fourth-order valence-electron chi connectivity index (χ4n) is 10.2. The standard InChI is InChI=1S/C58H45N/c1-57(2)53-21-9-7-17-49(53)51-34-33-47(37-55(51)57)59(46-31-27-40(28-32-46)48-19-12-20-52-50-18-8-10-22-54(50)58(3,4)56(48)52)45-29-25-39(26-30-45)42-15-11-16-43(35-42)44-24-23-38-13-5-6-14-41(38)36-44/h5-37H,1-4H3. The van der Waals surface area contributed by atoms with Crippen molar-refractivity contribution in [2.45, 2.75) is 38.5 Å². The normalized spacial score (nSPS) is 14.0. The maximum Gasteiger partial charge on any atom is 0.0465 e. The van der Waals surface area contributed by atoms with Crippen LogP contribution >= 0.6 is 0 Å². The van der Waals surface area contributed by atoms with Crippen molar-refractivity contribution < 1.29 is 0 Å². The molecule has 11 rings (SSSR count). The van der Waals surface area contributed by atoms with Crippen molar-refractivity contribution in [3.05, 3.63) is 222 Å². The Hall–Kier alpha value is -6.96. The first kappa shape index (κ1) is 35.2. The third kappa shape index (κ3) is 5.60. The van der Waals surface area contributed by atoms with Crippen LogP contribution in [-0.2, 0) is 10.8 Å². The Morgan fingerprint density at radius 2 is 0.780 bits per heavy atom. The Labute approximate surface area is 347 Å². The molecule has 0 fully saturated rings. The minimum atomic E-state index is -0.102. The van der Waals surface area contributed by atoms with Crippen LogP contribution in [0.4, 0.5) is 17.1 Å². The quantitative estimate of drug-likeness (QED) is 0.163. The minimum absolute atomic E-state index is 0.0846. The van der Waals surface area contributed by atoms with Gasteiger partial charge in [-0.3, -0.25) is 0 Å². The maximum atomic E-state index is 2.42. The van der Waals surface area contributed by atoms with Crippen molar-refractivity contribution in [1.82, 2.24) is 0 Å². The summed E-state index contributed by atoms with van der Waals surface area (Å²) in [5.41, 5.74) is 21.5. The molecule has 0 N–H and O–H groups in total. The molecule has 282 valence electrons. The SMILES string of the molecule is CC1(C)c2ccccc2-c2ccc(N(c3ccc(-c4cccc(-c5ccc6ccccc6c5)c4)cc3)c3ccc(-c4cccc5c4C(C)(C)c4ccccc4-5)cc3)cc21. The zero-order valence-electron chi connectivity index (χ0n) is 34.0. The van der Waals surface area contributed by atoms with Crippen molar-refractivity contribution in [1.29, 1.82) is 0 Å². The zero-order valence-corrected chi connectivity index (χ0v) is 34.0. The van der Waals surface area contributed by atoms with Gasteiger partial charge < -0.3 is 4.90 Å². The zero-order chi connectivity index (χ0) is 39.9. The molecule has 2 aliphatic rings. The summed E-state index contributed by atoms with van der Waals surface area (Å²) in [6, 6.07) is 74.2. The number of hydrogen-bond donors (Lipinski definition) is 0. The Bertz CT molecular complexity index is 3090. The van der Waals surface area contributed by atoms with E-state index in [1.165, 1.54) is 88.7 Å². The van der Waals surface area contributed by atoms with Gasteiger partial charge in [0.25, 0.3) is 0 Å². The van der Waals surface area contributed by atoms with E-state index in [0.29, 0.717) is 0 Å². The topological polar surface area (TPSA) is 3.24 Å². The van der Waals surface area contributed by atoms with Gasteiger partial charge >= 0.3 is 0 Å². The molecule has 0 aliphatic heterocycles. The summed E-state index contributed by atoms with van der Waals surface area (Å²) in [6.45, 7) is 9.46. The molecule has 2 aliphatic carbocycles. The third-order valence-corrected chi connectivity index (χ3v) is 13.2. The molecule has 9 aromatic rings. The molecule has 0 aromatic heterocycles. The molecule has 0 atom stereocenters. The van der Waals surface area contributed by atoms with Crippen LogP contribution in [0.1, 0.15) is 49.9 Å². The lowest BCUT2D eigenvalue weighted by molar-refractivity contribution is 0.660. The van der Waals surface area contributed by atoms with E-state index >= 15 is 0 Å². The van der Waals surface area contributed by atoms with E-state index in [-0.39, 0.29) is 10.8 Å². The van der Waals surface area contributed by atoms with Gasteiger partial charge in [0, 0.05) is 27.9 Å². The monoisotopic (exact) mass is 755 g/mol. The molecule has 0 amide bonds. The lowest BCUT2D eigenvalue weighted by atomic mass is 9.79. The van der Waals surface area contributed by atoms with Crippen LogP contribution in [0.2, 0.25) is 0 Å². The summed E-state index contributed by atoms with van der Waals surface area (Å²) in [4.78, 5) is 2.42. The highest BCUT2D eigenvalue weighted by Gasteiger charge is 2.38. The van der Waals surface area contributed by atoms with Gasteiger partial charge in [-0.25, -0.2) is 0 Å². The number of rotatable bonds is 6. The molecule has 0 saturated heterocycles. The molecule has 0 saturated carbocycles. The fraction of sp³-hybridized carbons (Fsp3) is 0.103. The highest BCUT2D eigenvalue weighted by molar-refractivity contribution is 5.91. The largest absolute Gasteiger partial charge is 0.310 e. The number of fused-ring (bicyclic) bond motifs is 7. The van der Waals surface area contributed by atoms with E-state index in [9.17, 15) is 0 Å². The van der Waals surface area contributed by atoms with Gasteiger partial charge in [0.1, 0.15) is 0 Å². The molecular formula is C58H45N. The molecule has 0 spiro atoms. The van der Waals surface area contributed by atoms with Gasteiger partial charge in [0.2, 0.25) is 0 Å². The van der Waals surface area contributed by atoms with Crippen LogP contribution < -0.4 is 4.90 Å². The number of nitrogens with zero attached hydrogens (tertiary/aromatic N) is 1. The van der Waals surface area contributed by atoms with Crippen LogP contribution in [-0.4, -0.2) is 0 Å². The molecule has 59 heavy (non-hydrogen) atoms. The van der Waals surface area contributed by atoms with Gasteiger partial charge in [-0.2, -0.15) is 0 Å². The summed E-state index contributed by atoms with van der Waals surface area (Å²) >= 11 is 0. The predicted octanol–water partition coefficient (Wildman–Crippen LogP) is 15.9. The number of benzene rings is 9. The molecule has 0 bridgehead atoms. The smallest absolute Gasteiger partial charge is 0.0465 e. The summed E-state index contributed by atoms with van der Waals surface area (Å²) in [5, 5.41) is 2.52. The second-order valence-electron chi connectivity index (χ2n) is 17.4. The molecule has 0 heterocycles. The second-order valence-corrected chi connectivity index (χ2v) is 17.4. The van der Waals surface area contributed by atoms with Crippen molar-refractivity contribution in [3.8, 4) is 55.6 Å². The third-order valence-electron chi connectivity index (χ3n) is 13.2. The highest BCUT2D eigenvalue weighted by Crippen LogP contribution is 2.53. The van der Waals surface area contributed by atoms with E-state index in [2.05, 4.69) is 233 Å². The van der Waals surface area contributed by atoms with Crippen molar-refractivity contribution in [2.75, 3.05) is 4.90 Å². The lowest BCUT2D eigenvalue weighted by Gasteiger charge is -2.29. The van der Waals surface area contributed by atoms with Crippen LogP contribution in [0.5, 0.6) is 0 Å². The van der Waals surface area contributed by atoms with E-state index < -0.39 is 0 Å². The molecule has 0 unspecified atom stereocenters. The van der Waals surface area contributed by atoms with Crippen LogP contribution in [0.15, 0.2) is 200 Å². The molecule has 1 nitrogen and oxygen atoms in total. The van der Waals surface area contributed by atoms with Crippen LogP contribution in [0.25, 0.3) is 66.4 Å². The number of anilines is 3. The van der Waals surface area contributed by atoms with Crippen molar-refractivity contribution in [2.24, 2.45) is 0 Å². The Morgan fingerprint density at radius 3 is 1.51 bits per heavy atom. The van der Waals surface area contributed by atoms with E-state index in [1.54, 1.807) is 0 Å². The fourth-order valence-corrected chi connectivity index (χ4v) is 10.2. The van der Waals surface area contributed by atoms with Gasteiger partial charge in [0.15, 0.2) is 0 Å². The summed E-state index contributed by atoms with van der Waals surface area (Å²) in [5.74, 6) is 0. The van der Waals surface area contributed by atoms with E-state index in [0.717, 1.165) is 17.1 Å². The minimum Gasteiger partial charge on any atom is -0.310 e. The van der Waals surface area contributed by atoms with Crippen LogP contribution in [0.3, 0.4) is 0 Å². The van der Waals surface area contributed by atoms with Crippen molar-refractivity contribution >= 4 is 27.8 Å². The second kappa shape index (κ2) is 13.3. The first-order valence-corrected chi connectivity index (χ1v) is 20.8. The van der Waals surface area contributed by atoms with E-state index in [4.69, 9.17) is 0 Å². The Kier molecular flexibility index (Phi) is 7.94. The average molecular weight is 756 g/mol. The first-order valence-electron chi connectivity index (χ1n) is 20.8. The van der Waals surface area contributed by atoms with E-state index in [1.807, 2.05) is 0 Å². The summed E-state index contributed by atoms with van der Waals surface area (Å²) in [7, 11) is 0. The number of hydrogen-bond acceptors (Lipinski definition) is 1. The molecule has 0 radical (unpaired) electrons. The Morgan fingerprint density at radius 1 is 0.288 bits per heavy atom. The molecule has 9 aromatic carbocycles. The summed E-state index contributed by atoms with van der Waals surface area (Å²) < 4.78 is 0. The summed E-state index contributed by atoms with van der Waals surface area (Å²) in [6.07, 6.45) is 0. The maximum absolute atomic E-state index is 2.42.